The van der Waals surface area contributed by atoms with Crippen LogP contribution in [0.5, 0.6) is 0 Å². The molecule has 0 aliphatic heterocycles. The minimum absolute atomic E-state index is 0.0477. The standard InChI is InChI=1S/C12H11ClO3/c13-9-4-2-1-3-8(9)12(5-6-12)7-10(14)11(15)16/h1-4H,5-7H2,(H,15,16). The highest BCUT2D eigenvalue weighted by molar-refractivity contribution is 6.33. The van der Waals surface area contributed by atoms with Crippen LogP contribution in [0.2, 0.25) is 5.02 Å². The molecule has 3 nitrogen and oxygen atoms in total. The Morgan fingerprint density at radius 1 is 1.31 bits per heavy atom. The quantitative estimate of drug-likeness (QED) is 0.820. The predicted octanol–water partition coefficient (Wildman–Crippen LogP) is 2.42. The minimum Gasteiger partial charge on any atom is -0.476 e. The average molecular weight is 239 g/mol. The number of rotatable bonds is 4. The maximum atomic E-state index is 11.2. The Morgan fingerprint density at radius 3 is 2.44 bits per heavy atom. The van der Waals surface area contributed by atoms with Gasteiger partial charge in [-0.25, -0.2) is 4.79 Å². The largest absolute Gasteiger partial charge is 0.476 e. The van der Waals surface area contributed by atoms with Gasteiger partial charge in [0, 0.05) is 16.9 Å². The molecule has 0 heterocycles. The van der Waals surface area contributed by atoms with Crippen LogP contribution in [0.25, 0.3) is 0 Å². The van der Waals surface area contributed by atoms with Gasteiger partial charge in [0.2, 0.25) is 5.78 Å². The molecule has 0 spiro atoms. The molecule has 1 aromatic rings. The van der Waals surface area contributed by atoms with Crippen LogP contribution in [-0.4, -0.2) is 16.9 Å². The van der Waals surface area contributed by atoms with E-state index in [9.17, 15) is 9.59 Å². The Balaban J connectivity index is 2.24. The van der Waals surface area contributed by atoms with Gasteiger partial charge in [0.25, 0.3) is 0 Å². The van der Waals surface area contributed by atoms with Gasteiger partial charge in [0.05, 0.1) is 0 Å². The number of carbonyl (C=O) groups is 2. The van der Waals surface area contributed by atoms with Crippen molar-refractivity contribution < 1.29 is 14.7 Å². The zero-order valence-electron chi connectivity index (χ0n) is 8.57. The van der Waals surface area contributed by atoms with Crippen LogP contribution in [0, 0.1) is 0 Å². The second-order valence-corrected chi connectivity index (χ2v) is 4.57. The highest BCUT2D eigenvalue weighted by atomic mass is 35.5. The molecule has 16 heavy (non-hydrogen) atoms. The van der Waals surface area contributed by atoms with E-state index in [-0.39, 0.29) is 11.8 Å². The van der Waals surface area contributed by atoms with Crippen LogP contribution < -0.4 is 0 Å². The molecule has 1 fully saturated rings. The fourth-order valence-corrected chi connectivity index (χ4v) is 2.30. The van der Waals surface area contributed by atoms with Crippen molar-refractivity contribution >= 4 is 23.4 Å². The highest BCUT2D eigenvalue weighted by Crippen LogP contribution is 2.53. The lowest BCUT2D eigenvalue weighted by Gasteiger charge is -2.15. The zero-order valence-corrected chi connectivity index (χ0v) is 9.33. The third kappa shape index (κ3) is 1.95. The molecule has 0 unspecified atom stereocenters. The molecule has 84 valence electrons. The van der Waals surface area contributed by atoms with E-state index in [1.54, 1.807) is 6.07 Å². The molecule has 0 amide bonds. The summed E-state index contributed by atoms with van der Waals surface area (Å²) in [5, 5.41) is 9.22. The van der Waals surface area contributed by atoms with Gasteiger partial charge in [-0.2, -0.15) is 0 Å². The molecule has 0 saturated heterocycles. The summed E-state index contributed by atoms with van der Waals surface area (Å²) >= 11 is 6.05. The number of carbonyl (C=O) groups excluding carboxylic acids is 1. The smallest absolute Gasteiger partial charge is 0.372 e. The normalized spacial score (nSPS) is 16.8. The molecule has 0 radical (unpaired) electrons. The first kappa shape index (κ1) is 11.1. The van der Waals surface area contributed by atoms with E-state index in [1.807, 2.05) is 18.2 Å². The second kappa shape index (κ2) is 3.91. The number of carboxylic acids is 1. The van der Waals surface area contributed by atoms with E-state index >= 15 is 0 Å². The topological polar surface area (TPSA) is 54.4 Å². The van der Waals surface area contributed by atoms with Gasteiger partial charge in [-0.3, -0.25) is 4.79 Å². The summed E-state index contributed by atoms with van der Waals surface area (Å²) in [5.41, 5.74) is 0.569. The summed E-state index contributed by atoms with van der Waals surface area (Å²) in [6.07, 6.45) is 1.71. The molecule has 2 rings (SSSR count). The van der Waals surface area contributed by atoms with Crippen molar-refractivity contribution in [1.82, 2.24) is 0 Å². The number of hydrogen-bond donors (Lipinski definition) is 1. The maximum absolute atomic E-state index is 11.2. The number of benzene rings is 1. The third-order valence-electron chi connectivity index (χ3n) is 3.04. The fourth-order valence-electron chi connectivity index (χ4n) is 1.97. The van der Waals surface area contributed by atoms with Crippen molar-refractivity contribution in [1.29, 1.82) is 0 Å². The zero-order chi connectivity index (χ0) is 11.8. The minimum atomic E-state index is -1.36. The molecule has 4 heteroatoms. The van der Waals surface area contributed by atoms with E-state index < -0.39 is 11.8 Å². The van der Waals surface area contributed by atoms with E-state index in [2.05, 4.69) is 0 Å². The van der Waals surface area contributed by atoms with E-state index in [1.165, 1.54) is 0 Å². The number of aliphatic carboxylic acids is 1. The third-order valence-corrected chi connectivity index (χ3v) is 3.37. The summed E-state index contributed by atoms with van der Waals surface area (Å²) in [6, 6.07) is 7.31. The molecule has 1 N–H and O–H groups in total. The predicted molar refractivity (Wildman–Crippen MR) is 59.6 cm³/mol. The lowest BCUT2D eigenvalue weighted by Crippen LogP contribution is -2.20. The number of halogens is 1. The summed E-state index contributed by atoms with van der Waals surface area (Å²) in [7, 11) is 0. The second-order valence-electron chi connectivity index (χ2n) is 4.17. The average Bonchev–Trinajstić information content (AvgIpc) is 2.99. The SMILES string of the molecule is O=C(O)C(=O)CC1(c2ccccc2Cl)CC1. The van der Waals surface area contributed by atoms with Crippen molar-refractivity contribution in [3.8, 4) is 0 Å². The Hall–Kier alpha value is -1.35. The molecule has 0 bridgehead atoms. The molecular weight excluding hydrogens is 228 g/mol. The Kier molecular flexibility index (Phi) is 2.72. The van der Waals surface area contributed by atoms with Crippen molar-refractivity contribution in [2.45, 2.75) is 24.7 Å². The van der Waals surface area contributed by atoms with E-state index in [0.717, 1.165) is 18.4 Å². The van der Waals surface area contributed by atoms with Crippen molar-refractivity contribution in [3.05, 3.63) is 34.9 Å². The molecule has 1 aromatic carbocycles. The van der Waals surface area contributed by atoms with Gasteiger partial charge in [-0.15, -0.1) is 0 Å². The Bertz CT molecular complexity index is 449. The highest BCUT2D eigenvalue weighted by Gasteiger charge is 2.47. The molecule has 1 aliphatic carbocycles. The monoisotopic (exact) mass is 238 g/mol. The maximum Gasteiger partial charge on any atom is 0.372 e. The summed E-state index contributed by atoms with van der Waals surface area (Å²) < 4.78 is 0. The summed E-state index contributed by atoms with van der Waals surface area (Å²) in [4.78, 5) is 21.8. The first-order chi connectivity index (χ1) is 7.55. The fraction of sp³-hybridized carbons (Fsp3) is 0.333. The van der Waals surface area contributed by atoms with Gasteiger partial charge in [0.15, 0.2) is 0 Å². The molecule has 0 atom stereocenters. The number of ketones is 1. The van der Waals surface area contributed by atoms with Crippen LogP contribution >= 0.6 is 11.6 Å². The summed E-state index contributed by atoms with van der Waals surface area (Å²) in [6.45, 7) is 0. The first-order valence-electron chi connectivity index (χ1n) is 5.06. The van der Waals surface area contributed by atoms with Gasteiger partial charge in [-0.1, -0.05) is 29.8 Å². The molecule has 1 aliphatic rings. The molecule has 0 aromatic heterocycles. The lowest BCUT2D eigenvalue weighted by molar-refractivity contribution is -0.149. The Labute approximate surface area is 98.0 Å². The van der Waals surface area contributed by atoms with Crippen LogP contribution in [0.1, 0.15) is 24.8 Å². The summed E-state index contributed by atoms with van der Waals surface area (Å²) in [5.74, 6) is -2.10. The Morgan fingerprint density at radius 2 is 1.94 bits per heavy atom. The first-order valence-corrected chi connectivity index (χ1v) is 5.44. The van der Waals surface area contributed by atoms with Gasteiger partial charge in [-0.05, 0) is 24.5 Å². The van der Waals surface area contributed by atoms with Crippen molar-refractivity contribution in [2.75, 3.05) is 0 Å². The van der Waals surface area contributed by atoms with Crippen molar-refractivity contribution in [3.63, 3.8) is 0 Å². The van der Waals surface area contributed by atoms with E-state index in [4.69, 9.17) is 16.7 Å². The molecular formula is C12H11ClO3. The van der Waals surface area contributed by atoms with Crippen LogP contribution in [0.3, 0.4) is 0 Å². The number of Topliss-reactive ketones (excluding diaryl/α,β-unsaturated/α-hetero) is 1. The number of hydrogen-bond acceptors (Lipinski definition) is 2. The van der Waals surface area contributed by atoms with Crippen LogP contribution in [0.15, 0.2) is 24.3 Å². The van der Waals surface area contributed by atoms with Crippen LogP contribution in [-0.2, 0) is 15.0 Å². The van der Waals surface area contributed by atoms with Gasteiger partial charge < -0.3 is 5.11 Å². The van der Waals surface area contributed by atoms with Gasteiger partial charge >= 0.3 is 5.97 Å². The lowest BCUT2D eigenvalue weighted by atomic mass is 9.90. The van der Waals surface area contributed by atoms with Crippen LogP contribution in [0.4, 0.5) is 0 Å². The van der Waals surface area contributed by atoms with Crippen molar-refractivity contribution in [2.24, 2.45) is 0 Å². The van der Waals surface area contributed by atoms with Gasteiger partial charge in [0.1, 0.15) is 0 Å². The van der Waals surface area contributed by atoms with E-state index in [0.29, 0.717) is 5.02 Å². The molecule has 1 saturated carbocycles. The number of carboxylic acid groups (broad SMARTS) is 1.